The van der Waals surface area contributed by atoms with E-state index in [0.717, 1.165) is 5.56 Å². The van der Waals surface area contributed by atoms with Crippen LogP contribution in [0.15, 0.2) is 42.9 Å². The Hall–Kier alpha value is -3.38. The molecule has 0 saturated carbocycles. The average molecular weight is 503 g/mol. The molecule has 3 rings (SSSR count). The Morgan fingerprint density at radius 3 is 2.54 bits per heavy atom. The third-order valence-corrected chi connectivity index (χ3v) is 6.26. The average Bonchev–Trinajstić information content (AvgIpc) is 3.55. The van der Waals surface area contributed by atoms with E-state index >= 15 is 0 Å². The number of hydrogen-bond donors (Lipinski definition) is 6. The Bertz CT molecular complexity index is 1020. The Morgan fingerprint density at radius 1 is 1.17 bits per heavy atom. The number of likely N-dealkylation sites (tertiary alicyclic amines) is 1. The highest BCUT2D eigenvalue weighted by molar-refractivity contribution is 7.80. The monoisotopic (exact) mass is 502 g/mol. The Kier molecular flexibility index (Phi) is 9.26. The zero-order chi connectivity index (χ0) is 25.4. The van der Waals surface area contributed by atoms with Crippen molar-refractivity contribution in [3.05, 3.63) is 54.1 Å². The molecule has 0 aliphatic carbocycles. The van der Waals surface area contributed by atoms with Crippen molar-refractivity contribution in [3.8, 4) is 0 Å². The van der Waals surface area contributed by atoms with Crippen LogP contribution in [0.2, 0.25) is 0 Å². The number of nitrogens with one attached hydrogen (secondary N) is 3. The summed E-state index contributed by atoms with van der Waals surface area (Å²) in [5.41, 5.74) is 7.17. The van der Waals surface area contributed by atoms with Gasteiger partial charge in [0.05, 0.1) is 12.4 Å². The van der Waals surface area contributed by atoms with E-state index in [2.05, 4.69) is 33.2 Å². The van der Waals surface area contributed by atoms with Crippen molar-refractivity contribution in [3.63, 3.8) is 0 Å². The highest BCUT2D eigenvalue weighted by Crippen LogP contribution is 2.20. The van der Waals surface area contributed by atoms with Crippen LogP contribution in [-0.2, 0) is 32.0 Å². The number of aliphatic carboxylic acids is 1. The van der Waals surface area contributed by atoms with Gasteiger partial charge in [0.25, 0.3) is 0 Å². The number of rotatable bonds is 11. The van der Waals surface area contributed by atoms with Gasteiger partial charge in [0.15, 0.2) is 0 Å². The Morgan fingerprint density at radius 2 is 1.91 bits per heavy atom. The van der Waals surface area contributed by atoms with Crippen molar-refractivity contribution in [1.82, 2.24) is 25.5 Å². The van der Waals surface area contributed by atoms with Gasteiger partial charge in [0, 0.05) is 37.0 Å². The van der Waals surface area contributed by atoms with Gasteiger partial charge in [-0.2, -0.15) is 12.6 Å². The maximum atomic E-state index is 13.5. The predicted molar refractivity (Wildman–Crippen MR) is 130 cm³/mol. The van der Waals surface area contributed by atoms with Crippen LogP contribution in [0.25, 0.3) is 0 Å². The highest BCUT2D eigenvalue weighted by atomic mass is 32.1. The number of carboxylic acid groups (broad SMARTS) is 1. The summed E-state index contributed by atoms with van der Waals surface area (Å²) in [5.74, 6) is -2.58. The zero-order valence-electron chi connectivity index (χ0n) is 19.1. The number of aromatic amines is 1. The summed E-state index contributed by atoms with van der Waals surface area (Å²) < 4.78 is 0. The first-order valence-corrected chi connectivity index (χ1v) is 11.9. The number of thiol groups is 1. The van der Waals surface area contributed by atoms with Crippen LogP contribution in [0.1, 0.15) is 24.1 Å². The molecular weight excluding hydrogens is 472 g/mol. The summed E-state index contributed by atoms with van der Waals surface area (Å²) in [6.45, 7) is 0.314. The fourth-order valence-corrected chi connectivity index (χ4v) is 4.16. The van der Waals surface area contributed by atoms with Crippen molar-refractivity contribution in [2.45, 2.75) is 49.9 Å². The van der Waals surface area contributed by atoms with Crippen LogP contribution in [0.3, 0.4) is 0 Å². The standard InChI is InChI=1S/C23H30N6O5S/c24-16(12-35)20(30)27-17(9-14-5-2-1-3-6-14)22(32)29-8-4-7-19(29)21(31)28-18(23(33)34)10-15-11-25-13-26-15/h1-3,5-6,11,13,16-19,35H,4,7-10,12,24H2,(H,25,26)(H,27,30)(H,28,31)(H,33,34). The number of H-pyrrole nitrogens is 1. The van der Waals surface area contributed by atoms with E-state index in [1.54, 1.807) is 0 Å². The lowest BCUT2D eigenvalue weighted by atomic mass is 10.0. The van der Waals surface area contributed by atoms with Crippen molar-refractivity contribution in [1.29, 1.82) is 0 Å². The smallest absolute Gasteiger partial charge is 0.326 e. The van der Waals surface area contributed by atoms with Gasteiger partial charge in [0.2, 0.25) is 17.7 Å². The Balaban J connectivity index is 1.74. The number of carbonyl (C=O) groups is 4. The molecule has 11 nitrogen and oxygen atoms in total. The van der Waals surface area contributed by atoms with Gasteiger partial charge < -0.3 is 31.4 Å². The second-order valence-corrected chi connectivity index (χ2v) is 8.78. The number of imidazole rings is 1. The predicted octanol–water partition coefficient (Wildman–Crippen LogP) is -0.503. The molecule has 6 N–H and O–H groups in total. The molecule has 1 aromatic heterocycles. The summed E-state index contributed by atoms with van der Waals surface area (Å²) in [4.78, 5) is 58.9. The minimum absolute atomic E-state index is 0.0239. The van der Waals surface area contributed by atoms with E-state index in [1.165, 1.54) is 17.4 Å². The number of nitrogens with two attached hydrogens (primary N) is 1. The van der Waals surface area contributed by atoms with Crippen molar-refractivity contribution < 1.29 is 24.3 Å². The topological polar surface area (TPSA) is 171 Å². The number of aromatic nitrogens is 2. The van der Waals surface area contributed by atoms with Gasteiger partial charge in [-0.3, -0.25) is 14.4 Å². The highest BCUT2D eigenvalue weighted by Gasteiger charge is 2.39. The molecule has 2 heterocycles. The number of carbonyl (C=O) groups excluding carboxylic acids is 3. The third-order valence-electron chi connectivity index (χ3n) is 5.86. The van der Waals surface area contributed by atoms with Crippen LogP contribution in [0.4, 0.5) is 0 Å². The summed E-state index contributed by atoms with van der Waals surface area (Å²) >= 11 is 4.05. The summed E-state index contributed by atoms with van der Waals surface area (Å²) in [7, 11) is 0. The fourth-order valence-electron chi connectivity index (χ4n) is 4.00. The normalized spacial score (nSPS) is 17.9. The molecule has 1 saturated heterocycles. The first-order valence-electron chi connectivity index (χ1n) is 11.3. The maximum Gasteiger partial charge on any atom is 0.326 e. The minimum Gasteiger partial charge on any atom is -0.480 e. The van der Waals surface area contributed by atoms with E-state index < -0.39 is 47.9 Å². The Labute approximate surface area is 208 Å². The quantitative estimate of drug-likeness (QED) is 0.225. The lowest BCUT2D eigenvalue weighted by Crippen LogP contribution is -2.57. The molecule has 1 aliphatic rings. The van der Waals surface area contributed by atoms with Crippen LogP contribution < -0.4 is 16.4 Å². The molecule has 12 heteroatoms. The molecule has 4 atom stereocenters. The van der Waals surface area contributed by atoms with E-state index in [1.807, 2.05) is 30.3 Å². The largest absolute Gasteiger partial charge is 0.480 e. The van der Waals surface area contributed by atoms with E-state index in [-0.39, 0.29) is 18.6 Å². The van der Waals surface area contributed by atoms with Gasteiger partial charge >= 0.3 is 5.97 Å². The number of nitrogens with zero attached hydrogens (tertiary/aromatic N) is 2. The molecule has 1 aliphatic heterocycles. The number of amides is 3. The molecule has 1 fully saturated rings. The van der Waals surface area contributed by atoms with Crippen molar-refractivity contribution in [2.24, 2.45) is 5.73 Å². The van der Waals surface area contributed by atoms with E-state index in [4.69, 9.17) is 5.73 Å². The van der Waals surface area contributed by atoms with Crippen LogP contribution in [-0.4, -0.2) is 80.1 Å². The summed E-state index contributed by atoms with van der Waals surface area (Å²) in [6, 6.07) is 5.32. The number of carboxylic acids is 1. The van der Waals surface area contributed by atoms with Gasteiger partial charge in [0.1, 0.15) is 18.1 Å². The molecule has 188 valence electrons. The number of hydrogen-bond acceptors (Lipinski definition) is 7. The van der Waals surface area contributed by atoms with Gasteiger partial charge in [-0.15, -0.1) is 0 Å². The van der Waals surface area contributed by atoms with E-state index in [9.17, 15) is 24.3 Å². The second-order valence-electron chi connectivity index (χ2n) is 8.41. The lowest BCUT2D eigenvalue weighted by molar-refractivity contribution is -0.144. The second kappa shape index (κ2) is 12.4. The van der Waals surface area contributed by atoms with Crippen LogP contribution in [0, 0.1) is 0 Å². The van der Waals surface area contributed by atoms with Gasteiger partial charge in [-0.05, 0) is 18.4 Å². The first-order chi connectivity index (χ1) is 16.8. The molecular formula is C23H30N6O5S. The SMILES string of the molecule is NC(CS)C(=O)NC(Cc1ccccc1)C(=O)N1CCCC1C(=O)NC(Cc1cnc[nH]1)C(=O)O. The van der Waals surface area contributed by atoms with E-state index in [0.29, 0.717) is 25.1 Å². The zero-order valence-corrected chi connectivity index (χ0v) is 20.0. The summed E-state index contributed by atoms with van der Waals surface area (Å²) in [5, 5.41) is 14.8. The lowest BCUT2D eigenvalue weighted by Gasteiger charge is -2.30. The molecule has 4 unspecified atom stereocenters. The summed E-state index contributed by atoms with van der Waals surface area (Å²) in [6.07, 6.45) is 4.11. The van der Waals surface area contributed by atoms with Gasteiger partial charge in [-0.1, -0.05) is 30.3 Å². The maximum absolute atomic E-state index is 13.5. The molecule has 1 aromatic carbocycles. The van der Waals surface area contributed by atoms with Crippen molar-refractivity contribution in [2.75, 3.05) is 12.3 Å². The fraction of sp³-hybridized carbons (Fsp3) is 0.435. The third kappa shape index (κ3) is 7.06. The molecule has 3 amide bonds. The van der Waals surface area contributed by atoms with Crippen molar-refractivity contribution >= 4 is 36.3 Å². The molecule has 2 aromatic rings. The van der Waals surface area contributed by atoms with Crippen LogP contribution in [0.5, 0.6) is 0 Å². The van der Waals surface area contributed by atoms with Gasteiger partial charge in [-0.25, -0.2) is 9.78 Å². The minimum atomic E-state index is -1.20. The number of benzene rings is 1. The molecule has 0 spiro atoms. The molecule has 0 radical (unpaired) electrons. The van der Waals surface area contributed by atoms with Crippen LogP contribution >= 0.6 is 12.6 Å². The first kappa shape index (κ1) is 26.2. The molecule has 0 bridgehead atoms. The molecule has 35 heavy (non-hydrogen) atoms.